The van der Waals surface area contributed by atoms with Crippen molar-refractivity contribution in [2.75, 3.05) is 20.1 Å². The minimum atomic E-state index is -0.804. The first-order valence-corrected chi connectivity index (χ1v) is 7.82. The van der Waals surface area contributed by atoms with E-state index in [0.717, 1.165) is 19.4 Å². The third-order valence-electron chi connectivity index (χ3n) is 4.05. The van der Waals surface area contributed by atoms with Gasteiger partial charge in [-0.15, -0.1) is 0 Å². The molecule has 1 amide bonds. The van der Waals surface area contributed by atoms with Crippen molar-refractivity contribution in [3.63, 3.8) is 0 Å². The molecule has 0 radical (unpaired) electrons. The van der Waals surface area contributed by atoms with E-state index in [-0.39, 0.29) is 11.8 Å². The Balaban J connectivity index is 2.34. The van der Waals surface area contributed by atoms with Crippen LogP contribution in [0.4, 0.5) is 0 Å². The van der Waals surface area contributed by atoms with Crippen molar-refractivity contribution in [1.82, 2.24) is 10.2 Å². The highest BCUT2D eigenvalue weighted by molar-refractivity contribution is 5.79. The van der Waals surface area contributed by atoms with E-state index < -0.39 is 5.54 Å². The number of rotatable bonds is 8. The molecule has 4 heteroatoms. The van der Waals surface area contributed by atoms with Crippen molar-refractivity contribution in [1.29, 1.82) is 5.26 Å². The number of nitriles is 1. The van der Waals surface area contributed by atoms with Gasteiger partial charge in [0.05, 0.1) is 12.6 Å². The highest BCUT2D eigenvalue weighted by Gasteiger charge is 2.29. The number of nitrogens with zero attached hydrogens (tertiary/aromatic N) is 2. The average Bonchev–Trinajstić information content (AvgIpc) is 2.47. The summed E-state index contributed by atoms with van der Waals surface area (Å²) in [4.78, 5) is 14.1. The van der Waals surface area contributed by atoms with E-state index in [2.05, 4.69) is 23.5 Å². The molecule has 1 rings (SSSR count). The van der Waals surface area contributed by atoms with Crippen LogP contribution in [0.5, 0.6) is 0 Å². The molecule has 1 aromatic rings. The van der Waals surface area contributed by atoms with Gasteiger partial charge >= 0.3 is 0 Å². The first kappa shape index (κ1) is 18.2. The number of benzene rings is 1. The number of carbonyl (C=O) groups excluding carboxylic acids is 1. The molecular weight excluding hydrogens is 274 g/mol. The molecule has 1 unspecified atom stereocenters. The molecule has 0 aliphatic carbocycles. The van der Waals surface area contributed by atoms with Gasteiger partial charge in [-0.25, -0.2) is 0 Å². The van der Waals surface area contributed by atoms with E-state index in [4.69, 9.17) is 0 Å². The molecule has 1 atom stereocenters. The second kappa shape index (κ2) is 8.55. The predicted molar refractivity (Wildman–Crippen MR) is 89.3 cm³/mol. The largest absolute Gasteiger partial charge is 0.337 e. The monoisotopic (exact) mass is 301 g/mol. The number of hydrogen-bond donors (Lipinski definition) is 1. The summed E-state index contributed by atoms with van der Waals surface area (Å²) in [5, 5.41) is 12.1. The van der Waals surface area contributed by atoms with E-state index in [1.165, 1.54) is 5.56 Å². The van der Waals surface area contributed by atoms with Crippen LogP contribution in [0.15, 0.2) is 30.3 Å². The van der Waals surface area contributed by atoms with Crippen molar-refractivity contribution in [2.24, 2.45) is 5.92 Å². The van der Waals surface area contributed by atoms with E-state index in [0.29, 0.717) is 6.54 Å². The van der Waals surface area contributed by atoms with Gasteiger partial charge in [-0.05, 0) is 44.8 Å². The highest BCUT2D eigenvalue weighted by atomic mass is 16.2. The van der Waals surface area contributed by atoms with E-state index in [1.807, 2.05) is 44.0 Å². The Kier molecular flexibility index (Phi) is 7.07. The van der Waals surface area contributed by atoms with Gasteiger partial charge in [-0.2, -0.15) is 5.26 Å². The standard InChI is InChI=1S/C18H27N3O/c1-15(2)18(3,14-19)20-17(22)13-21(4)12-8-11-16-9-6-5-7-10-16/h5-7,9-10,15H,8,11-13H2,1-4H3,(H,20,22). The van der Waals surface area contributed by atoms with Crippen molar-refractivity contribution < 1.29 is 4.79 Å². The minimum absolute atomic E-state index is 0.0739. The van der Waals surface area contributed by atoms with Crippen molar-refractivity contribution in [3.8, 4) is 6.07 Å². The lowest BCUT2D eigenvalue weighted by Gasteiger charge is -2.28. The molecule has 0 aliphatic rings. The Morgan fingerprint density at radius 3 is 2.55 bits per heavy atom. The fourth-order valence-corrected chi connectivity index (χ4v) is 2.15. The van der Waals surface area contributed by atoms with Crippen LogP contribution in [-0.2, 0) is 11.2 Å². The van der Waals surface area contributed by atoms with Crippen molar-refractivity contribution in [2.45, 2.75) is 39.2 Å². The quantitative estimate of drug-likeness (QED) is 0.803. The maximum absolute atomic E-state index is 12.1. The molecule has 0 spiro atoms. The summed E-state index contributed by atoms with van der Waals surface area (Å²) < 4.78 is 0. The van der Waals surface area contributed by atoms with Gasteiger partial charge in [-0.1, -0.05) is 44.2 Å². The van der Waals surface area contributed by atoms with Crippen LogP contribution in [0.1, 0.15) is 32.8 Å². The molecule has 0 saturated heterocycles. The van der Waals surface area contributed by atoms with Gasteiger partial charge in [0, 0.05) is 0 Å². The molecule has 1 N–H and O–H groups in total. The fraction of sp³-hybridized carbons (Fsp3) is 0.556. The normalized spacial score (nSPS) is 13.7. The number of carbonyl (C=O) groups is 1. The van der Waals surface area contributed by atoms with Gasteiger partial charge in [-0.3, -0.25) is 9.69 Å². The average molecular weight is 301 g/mol. The highest BCUT2D eigenvalue weighted by Crippen LogP contribution is 2.14. The van der Waals surface area contributed by atoms with Crippen LogP contribution < -0.4 is 5.32 Å². The fourth-order valence-electron chi connectivity index (χ4n) is 2.15. The number of amides is 1. The van der Waals surface area contributed by atoms with Gasteiger partial charge < -0.3 is 5.32 Å². The topological polar surface area (TPSA) is 56.1 Å². The molecule has 0 heterocycles. The summed E-state index contributed by atoms with van der Waals surface area (Å²) in [7, 11) is 1.93. The third kappa shape index (κ3) is 5.87. The van der Waals surface area contributed by atoms with Crippen LogP contribution in [0, 0.1) is 17.2 Å². The molecule has 4 nitrogen and oxygen atoms in total. The Bertz CT molecular complexity index is 507. The summed E-state index contributed by atoms with van der Waals surface area (Å²) in [5.41, 5.74) is 0.513. The van der Waals surface area contributed by atoms with E-state index in [1.54, 1.807) is 6.92 Å². The Morgan fingerprint density at radius 2 is 2.00 bits per heavy atom. The second-order valence-corrected chi connectivity index (χ2v) is 6.34. The molecule has 0 aromatic heterocycles. The zero-order chi connectivity index (χ0) is 16.6. The molecule has 1 aromatic carbocycles. The van der Waals surface area contributed by atoms with E-state index in [9.17, 15) is 10.1 Å². The van der Waals surface area contributed by atoms with Crippen LogP contribution in [0.25, 0.3) is 0 Å². The van der Waals surface area contributed by atoms with Crippen LogP contribution >= 0.6 is 0 Å². The van der Waals surface area contributed by atoms with Crippen LogP contribution in [0.3, 0.4) is 0 Å². The lowest BCUT2D eigenvalue weighted by Crippen LogP contribution is -2.51. The summed E-state index contributed by atoms with van der Waals surface area (Å²) in [6, 6.07) is 12.5. The summed E-state index contributed by atoms with van der Waals surface area (Å²) in [5.74, 6) is -0.0233. The minimum Gasteiger partial charge on any atom is -0.337 e. The number of aryl methyl sites for hydroxylation is 1. The molecular formula is C18H27N3O. The molecule has 0 aliphatic heterocycles. The zero-order valence-corrected chi connectivity index (χ0v) is 14.1. The molecule has 120 valence electrons. The summed E-state index contributed by atoms with van der Waals surface area (Å²) in [6.45, 7) is 6.82. The van der Waals surface area contributed by atoms with Crippen LogP contribution in [-0.4, -0.2) is 36.5 Å². The lowest BCUT2D eigenvalue weighted by atomic mass is 9.90. The summed E-state index contributed by atoms with van der Waals surface area (Å²) >= 11 is 0. The third-order valence-corrected chi connectivity index (χ3v) is 4.05. The molecule has 0 fully saturated rings. The van der Waals surface area contributed by atoms with Gasteiger partial charge in [0.25, 0.3) is 0 Å². The first-order chi connectivity index (χ1) is 10.4. The summed E-state index contributed by atoms with van der Waals surface area (Å²) in [6.07, 6.45) is 2.02. The maximum Gasteiger partial charge on any atom is 0.235 e. The second-order valence-electron chi connectivity index (χ2n) is 6.34. The van der Waals surface area contributed by atoms with E-state index >= 15 is 0 Å². The maximum atomic E-state index is 12.1. The SMILES string of the molecule is CC(C)C(C)(C#N)NC(=O)CN(C)CCCc1ccccc1. The Morgan fingerprint density at radius 1 is 1.36 bits per heavy atom. The molecule has 22 heavy (non-hydrogen) atoms. The molecule has 0 bridgehead atoms. The number of nitrogens with one attached hydrogen (secondary N) is 1. The van der Waals surface area contributed by atoms with Gasteiger partial charge in [0.1, 0.15) is 5.54 Å². The Hall–Kier alpha value is -1.86. The smallest absolute Gasteiger partial charge is 0.235 e. The number of hydrogen-bond acceptors (Lipinski definition) is 3. The van der Waals surface area contributed by atoms with Gasteiger partial charge in [0.2, 0.25) is 5.91 Å². The van der Waals surface area contributed by atoms with Gasteiger partial charge in [0.15, 0.2) is 0 Å². The predicted octanol–water partition coefficient (Wildman–Crippen LogP) is 2.61. The van der Waals surface area contributed by atoms with Crippen molar-refractivity contribution in [3.05, 3.63) is 35.9 Å². The lowest BCUT2D eigenvalue weighted by molar-refractivity contribution is -0.123. The van der Waals surface area contributed by atoms with Crippen LogP contribution in [0.2, 0.25) is 0 Å². The molecule has 0 saturated carbocycles. The first-order valence-electron chi connectivity index (χ1n) is 7.82. The Labute approximate surface area is 134 Å². The zero-order valence-electron chi connectivity index (χ0n) is 14.1. The number of likely N-dealkylation sites (N-methyl/N-ethyl adjacent to an activating group) is 1. The van der Waals surface area contributed by atoms with Crippen molar-refractivity contribution >= 4 is 5.91 Å².